The summed E-state index contributed by atoms with van der Waals surface area (Å²) < 4.78 is 58.3. The molecule has 0 N–H and O–H groups in total. The van der Waals surface area contributed by atoms with Crippen molar-refractivity contribution < 1.29 is 32.2 Å². The minimum absolute atomic E-state index is 0.298. The van der Waals surface area contributed by atoms with Crippen LogP contribution < -0.4 is 9.47 Å². The molecule has 0 saturated heterocycles. The third kappa shape index (κ3) is 4.00. The summed E-state index contributed by atoms with van der Waals surface area (Å²) in [6, 6.07) is 19.5. The van der Waals surface area contributed by atoms with Gasteiger partial charge >= 0.3 is 12.1 Å². The Balaban J connectivity index is 1.85. The number of aryl methyl sites for hydroxylation is 1. The lowest BCUT2D eigenvalue weighted by atomic mass is 9.81. The number of carbonyl (C=O) groups excluding carboxylic acids is 1. The highest BCUT2D eigenvalue weighted by Crippen LogP contribution is 2.48. The molecule has 4 nitrogen and oxygen atoms in total. The number of esters is 1. The van der Waals surface area contributed by atoms with Crippen molar-refractivity contribution in [3.63, 3.8) is 0 Å². The van der Waals surface area contributed by atoms with Crippen LogP contribution in [0.15, 0.2) is 78.9 Å². The highest BCUT2D eigenvalue weighted by molar-refractivity contribution is 6.06. The lowest BCUT2D eigenvalue weighted by Crippen LogP contribution is -2.35. The fourth-order valence-corrected chi connectivity index (χ4v) is 4.88. The third-order valence-corrected chi connectivity index (χ3v) is 6.72. The maximum atomic E-state index is 13.7. The Morgan fingerprint density at radius 2 is 1.62 bits per heavy atom. The number of halogens is 3. The topological polar surface area (TPSA) is 44.8 Å². The van der Waals surface area contributed by atoms with Gasteiger partial charge in [-0.15, -0.1) is 0 Å². The number of hydrogen-bond acceptors (Lipinski definition) is 4. The molecule has 188 valence electrons. The number of benzene rings is 4. The molecule has 0 amide bonds. The Morgan fingerprint density at radius 3 is 2.30 bits per heavy atom. The second kappa shape index (κ2) is 9.00. The summed E-state index contributed by atoms with van der Waals surface area (Å²) in [5.41, 5.74) is 0.269. The predicted molar refractivity (Wildman–Crippen MR) is 135 cm³/mol. The van der Waals surface area contributed by atoms with E-state index in [-0.39, 0.29) is 0 Å². The van der Waals surface area contributed by atoms with Gasteiger partial charge in [-0.3, -0.25) is 0 Å². The molecule has 0 aliphatic carbocycles. The molecule has 0 aromatic heterocycles. The van der Waals surface area contributed by atoms with Crippen molar-refractivity contribution >= 4 is 22.8 Å². The summed E-state index contributed by atoms with van der Waals surface area (Å²) in [6.45, 7) is 1.82. The Bertz CT molecular complexity index is 1540. The van der Waals surface area contributed by atoms with Crippen molar-refractivity contribution in [2.45, 2.75) is 18.7 Å². The van der Waals surface area contributed by atoms with Gasteiger partial charge in [-0.05, 0) is 54.3 Å². The van der Waals surface area contributed by atoms with E-state index in [1.54, 1.807) is 61.7 Å². The van der Waals surface area contributed by atoms with E-state index in [1.165, 1.54) is 13.2 Å². The van der Waals surface area contributed by atoms with Gasteiger partial charge < -0.3 is 14.2 Å². The van der Waals surface area contributed by atoms with Crippen LogP contribution in [0.1, 0.15) is 38.2 Å². The molecule has 0 spiro atoms. The average molecular weight is 505 g/mol. The van der Waals surface area contributed by atoms with E-state index >= 15 is 0 Å². The molecule has 1 atom stereocenters. The van der Waals surface area contributed by atoms with Crippen LogP contribution in [0.2, 0.25) is 0 Å². The molecule has 1 unspecified atom stereocenters. The van der Waals surface area contributed by atoms with Gasteiger partial charge in [0.1, 0.15) is 11.5 Å². The summed E-state index contributed by atoms with van der Waals surface area (Å²) in [7, 11) is 2.84. The molecular weight excluding hydrogens is 481 g/mol. The number of carbonyl (C=O) groups is 1. The van der Waals surface area contributed by atoms with Crippen molar-refractivity contribution in [2.24, 2.45) is 0 Å². The van der Waals surface area contributed by atoms with Crippen LogP contribution in [-0.2, 0) is 16.5 Å². The van der Waals surface area contributed by atoms with Gasteiger partial charge in [-0.2, -0.15) is 13.2 Å². The van der Waals surface area contributed by atoms with Crippen LogP contribution in [0.3, 0.4) is 0 Å². The number of rotatable bonds is 4. The molecule has 0 fully saturated rings. The van der Waals surface area contributed by atoms with Gasteiger partial charge in [-0.25, -0.2) is 4.79 Å². The molecule has 5 rings (SSSR count). The zero-order chi connectivity index (χ0) is 26.4. The number of ether oxygens (including phenoxy) is 3. The van der Waals surface area contributed by atoms with Crippen LogP contribution in [-0.4, -0.2) is 20.2 Å². The van der Waals surface area contributed by atoms with E-state index in [0.29, 0.717) is 44.7 Å². The fourth-order valence-electron chi connectivity index (χ4n) is 4.88. The van der Waals surface area contributed by atoms with E-state index in [0.717, 1.165) is 17.5 Å². The molecule has 1 aliphatic rings. The number of fused-ring (bicyclic) bond motifs is 3. The maximum Gasteiger partial charge on any atom is 0.416 e. The Morgan fingerprint density at radius 1 is 0.892 bits per heavy atom. The zero-order valence-electron chi connectivity index (χ0n) is 20.3. The van der Waals surface area contributed by atoms with Crippen molar-refractivity contribution in [1.29, 1.82) is 0 Å². The first-order valence-corrected chi connectivity index (χ1v) is 11.5. The Kier molecular flexibility index (Phi) is 5.94. The van der Waals surface area contributed by atoms with Gasteiger partial charge in [0.05, 0.1) is 25.3 Å². The molecular formula is C30H23F3O4. The third-order valence-electron chi connectivity index (χ3n) is 6.72. The van der Waals surface area contributed by atoms with Crippen molar-refractivity contribution in [3.8, 4) is 11.5 Å². The number of alkyl halides is 3. The quantitative estimate of drug-likeness (QED) is 0.273. The average Bonchev–Trinajstić information content (AvgIpc) is 2.92. The minimum Gasteiger partial charge on any atom is -0.497 e. The zero-order valence-corrected chi connectivity index (χ0v) is 20.3. The van der Waals surface area contributed by atoms with Crippen molar-refractivity contribution in [3.05, 3.63) is 112 Å². The highest BCUT2D eigenvalue weighted by atomic mass is 19.4. The minimum atomic E-state index is -4.53. The van der Waals surface area contributed by atoms with Gasteiger partial charge in [0, 0.05) is 22.1 Å². The number of hydrogen-bond donors (Lipinski definition) is 0. The van der Waals surface area contributed by atoms with Gasteiger partial charge in [0.2, 0.25) is 0 Å². The van der Waals surface area contributed by atoms with Crippen molar-refractivity contribution in [1.82, 2.24) is 0 Å². The monoisotopic (exact) mass is 504 g/mol. The van der Waals surface area contributed by atoms with Crippen LogP contribution in [0.25, 0.3) is 16.8 Å². The fraction of sp³-hybridized carbons (Fsp3) is 0.167. The molecule has 1 aliphatic heterocycles. The summed E-state index contributed by atoms with van der Waals surface area (Å²) >= 11 is 0. The SMILES string of the molecule is COC(=O)c1c2c(c3cc(OC)ccc3c1C)OC(c1ccccc1)(c1cccc(C(F)(F)F)c1)C=C2. The van der Waals surface area contributed by atoms with Gasteiger partial charge in [-0.1, -0.05) is 48.5 Å². The van der Waals surface area contributed by atoms with Gasteiger partial charge in [0.15, 0.2) is 5.60 Å². The molecule has 37 heavy (non-hydrogen) atoms. The van der Waals surface area contributed by atoms with Gasteiger partial charge in [0.25, 0.3) is 0 Å². The summed E-state index contributed by atoms with van der Waals surface area (Å²) in [6.07, 6.45) is -1.11. The lowest BCUT2D eigenvalue weighted by molar-refractivity contribution is -0.137. The van der Waals surface area contributed by atoms with Crippen LogP contribution >= 0.6 is 0 Å². The summed E-state index contributed by atoms with van der Waals surface area (Å²) in [5, 5.41) is 1.40. The Hall–Kier alpha value is -4.26. The lowest BCUT2D eigenvalue weighted by Gasteiger charge is -2.37. The first-order valence-electron chi connectivity index (χ1n) is 11.5. The first kappa shape index (κ1) is 24.4. The summed E-state index contributed by atoms with van der Waals surface area (Å²) in [5.74, 6) is 0.386. The van der Waals surface area contributed by atoms with Crippen molar-refractivity contribution in [2.75, 3.05) is 14.2 Å². The first-order chi connectivity index (χ1) is 17.7. The highest BCUT2D eigenvalue weighted by Gasteiger charge is 2.41. The van der Waals surface area contributed by atoms with E-state index in [9.17, 15) is 18.0 Å². The van der Waals surface area contributed by atoms with Crippen LogP contribution in [0, 0.1) is 6.92 Å². The second-order valence-corrected chi connectivity index (χ2v) is 8.76. The Labute approximate surface area is 211 Å². The largest absolute Gasteiger partial charge is 0.497 e. The van der Waals surface area contributed by atoms with Crippen LogP contribution in [0.5, 0.6) is 11.5 Å². The molecule has 4 aromatic rings. The maximum absolute atomic E-state index is 13.7. The molecule has 7 heteroatoms. The molecule has 0 saturated carbocycles. The molecule has 4 aromatic carbocycles. The summed E-state index contributed by atoms with van der Waals surface area (Å²) in [4.78, 5) is 12.9. The van der Waals surface area contributed by atoms with E-state index in [2.05, 4.69) is 0 Å². The number of methoxy groups -OCH3 is 2. The normalized spacial score (nSPS) is 16.7. The molecule has 0 bridgehead atoms. The van der Waals surface area contributed by atoms with E-state index in [4.69, 9.17) is 14.2 Å². The second-order valence-electron chi connectivity index (χ2n) is 8.76. The van der Waals surface area contributed by atoms with Crippen LogP contribution in [0.4, 0.5) is 13.2 Å². The molecule has 1 heterocycles. The smallest absolute Gasteiger partial charge is 0.416 e. The predicted octanol–water partition coefficient (Wildman–Crippen LogP) is 7.31. The van der Waals surface area contributed by atoms with E-state index < -0.39 is 23.3 Å². The van der Waals surface area contributed by atoms with E-state index in [1.807, 2.05) is 19.1 Å². The molecule has 0 radical (unpaired) electrons. The standard InChI is InChI=1S/C30H23F3O4/c1-18-23-13-12-22(35-2)17-25(23)27-24(26(18)28(34)36-3)14-15-29(37-27,19-8-5-4-6-9-19)20-10-7-11-21(16-20)30(31,32)33/h4-17H,1-3H3.